The van der Waals surface area contributed by atoms with Crippen molar-refractivity contribution in [2.75, 3.05) is 40.5 Å². The third-order valence-corrected chi connectivity index (χ3v) is 4.26. The van der Waals surface area contributed by atoms with E-state index in [9.17, 15) is 9.90 Å². The van der Waals surface area contributed by atoms with Gasteiger partial charge in [0, 0.05) is 31.7 Å². The van der Waals surface area contributed by atoms with Crippen LogP contribution in [-0.4, -0.2) is 67.1 Å². The first kappa shape index (κ1) is 18.5. The lowest BCUT2D eigenvalue weighted by Gasteiger charge is -2.38. The van der Waals surface area contributed by atoms with E-state index in [0.717, 1.165) is 12.0 Å². The molecule has 7 nitrogen and oxygen atoms in total. The third-order valence-electron chi connectivity index (χ3n) is 4.26. The van der Waals surface area contributed by atoms with Gasteiger partial charge in [-0.3, -0.25) is 4.79 Å². The fraction of sp³-hybridized carbons (Fsp3) is 0.588. The maximum Gasteiger partial charge on any atom is 0.256 e. The average Bonchev–Trinajstić information content (AvgIpc) is 2.59. The second kappa shape index (κ2) is 8.32. The fourth-order valence-electron chi connectivity index (χ4n) is 3.04. The monoisotopic (exact) mass is 338 g/mol. The molecule has 0 spiro atoms. The summed E-state index contributed by atoms with van der Waals surface area (Å²) in [6, 6.07) is 5.53. The Hall–Kier alpha value is -1.83. The number of aliphatic hydroxyl groups excluding tert-OH is 1. The van der Waals surface area contributed by atoms with Crippen LogP contribution in [0.5, 0.6) is 11.5 Å². The first-order valence-corrected chi connectivity index (χ1v) is 8.09. The Kier molecular flexibility index (Phi) is 6.42. The van der Waals surface area contributed by atoms with Gasteiger partial charge in [0.25, 0.3) is 5.91 Å². The lowest BCUT2D eigenvalue weighted by molar-refractivity contribution is -0.157. The van der Waals surface area contributed by atoms with Gasteiger partial charge in [0.15, 0.2) is 17.1 Å². The van der Waals surface area contributed by atoms with Gasteiger partial charge in [-0.05, 0) is 18.9 Å². The molecule has 3 N–H and O–H groups in total. The molecule has 0 saturated carbocycles. The number of rotatable bonds is 8. The van der Waals surface area contributed by atoms with Gasteiger partial charge in [-0.15, -0.1) is 0 Å². The number of piperidine rings is 1. The first-order chi connectivity index (χ1) is 11.6. The van der Waals surface area contributed by atoms with E-state index in [4.69, 9.17) is 14.6 Å². The Morgan fingerprint density at radius 2 is 2.12 bits per heavy atom. The summed E-state index contributed by atoms with van der Waals surface area (Å²) in [5, 5.41) is 22.4. The molecule has 1 aliphatic rings. The van der Waals surface area contributed by atoms with Crippen molar-refractivity contribution in [2.24, 2.45) is 0 Å². The molecule has 0 bridgehead atoms. The van der Waals surface area contributed by atoms with Crippen LogP contribution in [0.15, 0.2) is 18.2 Å². The SMILES string of the molecule is COc1cccc(CN2CCC[C@@](O)(CNCCO)C2=O)c1OC. The van der Waals surface area contributed by atoms with Crippen molar-refractivity contribution >= 4 is 5.91 Å². The Bertz CT molecular complexity index is 566. The van der Waals surface area contributed by atoms with Crippen LogP contribution in [0.1, 0.15) is 18.4 Å². The van der Waals surface area contributed by atoms with Crippen molar-refractivity contribution in [3.8, 4) is 11.5 Å². The highest BCUT2D eigenvalue weighted by Crippen LogP contribution is 2.33. The highest BCUT2D eigenvalue weighted by molar-refractivity contribution is 5.86. The van der Waals surface area contributed by atoms with E-state index in [1.165, 1.54) is 0 Å². The third kappa shape index (κ3) is 3.98. The molecular formula is C17H26N2O5. The Balaban J connectivity index is 2.13. The van der Waals surface area contributed by atoms with Crippen LogP contribution in [0.25, 0.3) is 0 Å². The number of hydrogen-bond donors (Lipinski definition) is 3. The molecule has 1 atom stereocenters. The highest BCUT2D eigenvalue weighted by Gasteiger charge is 2.41. The normalized spacial score (nSPS) is 21.0. The quantitative estimate of drug-likeness (QED) is 0.584. The summed E-state index contributed by atoms with van der Waals surface area (Å²) < 4.78 is 10.7. The van der Waals surface area contributed by atoms with Crippen LogP contribution in [0.2, 0.25) is 0 Å². The molecule has 0 unspecified atom stereocenters. The number of carbonyl (C=O) groups excluding carboxylic acids is 1. The number of nitrogens with one attached hydrogen (secondary N) is 1. The number of ether oxygens (including phenoxy) is 2. The number of carbonyl (C=O) groups is 1. The summed E-state index contributed by atoms with van der Waals surface area (Å²) in [4.78, 5) is 14.3. The molecule has 1 aromatic rings. The maximum absolute atomic E-state index is 12.7. The summed E-state index contributed by atoms with van der Waals surface area (Å²) in [6.07, 6.45) is 1.13. The Labute approximate surface area is 142 Å². The van der Waals surface area contributed by atoms with Crippen LogP contribution < -0.4 is 14.8 Å². The summed E-state index contributed by atoms with van der Waals surface area (Å²) in [5.41, 5.74) is -0.600. The predicted octanol–water partition coefficient (Wildman–Crippen LogP) is 0.139. The molecule has 1 aromatic carbocycles. The summed E-state index contributed by atoms with van der Waals surface area (Å²) in [6.45, 7) is 1.38. The average molecular weight is 338 g/mol. The molecule has 134 valence electrons. The van der Waals surface area contributed by atoms with Gasteiger partial charge in [0.1, 0.15) is 0 Å². The summed E-state index contributed by atoms with van der Waals surface area (Å²) in [7, 11) is 3.13. The lowest BCUT2D eigenvalue weighted by atomic mass is 9.91. The molecule has 7 heteroatoms. The standard InChI is InChI=1S/C17H26N2O5/c1-23-14-6-3-5-13(15(14)24-2)11-19-9-4-7-17(22,16(19)21)12-18-8-10-20/h3,5-6,18,20,22H,4,7-12H2,1-2H3/t17-/m1/s1. The van der Waals surface area contributed by atoms with Crippen LogP contribution in [0.3, 0.4) is 0 Å². The number of likely N-dealkylation sites (tertiary alicyclic amines) is 1. The number of methoxy groups -OCH3 is 2. The molecule has 1 heterocycles. The number of amides is 1. The number of nitrogens with zero attached hydrogens (tertiary/aromatic N) is 1. The minimum atomic E-state index is -1.43. The van der Waals surface area contributed by atoms with Crippen molar-refractivity contribution < 1.29 is 24.5 Å². The van der Waals surface area contributed by atoms with Gasteiger partial charge in [-0.1, -0.05) is 12.1 Å². The lowest BCUT2D eigenvalue weighted by Crippen LogP contribution is -2.57. The first-order valence-electron chi connectivity index (χ1n) is 8.09. The van der Waals surface area contributed by atoms with E-state index in [-0.39, 0.29) is 19.1 Å². The molecule has 24 heavy (non-hydrogen) atoms. The van der Waals surface area contributed by atoms with Crippen LogP contribution >= 0.6 is 0 Å². The van der Waals surface area contributed by atoms with Gasteiger partial charge < -0.3 is 29.9 Å². The Morgan fingerprint density at radius 3 is 2.79 bits per heavy atom. The molecule has 0 aliphatic carbocycles. The smallest absolute Gasteiger partial charge is 0.256 e. The van der Waals surface area contributed by atoms with Gasteiger partial charge >= 0.3 is 0 Å². The van der Waals surface area contributed by atoms with Crippen LogP contribution in [-0.2, 0) is 11.3 Å². The fourth-order valence-corrected chi connectivity index (χ4v) is 3.04. The molecular weight excluding hydrogens is 312 g/mol. The number of benzene rings is 1. The molecule has 1 aliphatic heterocycles. The van der Waals surface area contributed by atoms with Crippen molar-refractivity contribution in [1.82, 2.24) is 10.2 Å². The van der Waals surface area contributed by atoms with Crippen LogP contribution in [0.4, 0.5) is 0 Å². The molecule has 1 fully saturated rings. The molecule has 0 aromatic heterocycles. The molecule has 0 radical (unpaired) electrons. The van der Waals surface area contributed by atoms with Gasteiger partial charge in [0.05, 0.1) is 20.8 Å². The topological polar surface area (TPSA) is 91.3 Å². The van der Waals surface area contributed by atoms with E-state index in [1.807, 2.05) is 12.1 Å². The molecule has 1 saturated heterocycles. The maximum atomic E-state index is 12.7. The van der Waals surface area contributed by atoms with Gasteiger partial charge in [0.2, 0.25) is 0 Å². The highest BCUT2D eigenvalue weighted by atomic mass is 16.5. The van der Waals surface area contributed by atoms with Crippen molar-refractivity contribution in [2.45, 2.75) is 25.0 Å². The Morgan fingerprint density at radius 1 is 1.33 bits per heavy atom. The minimum absolute atomic E-state index is 0.0327. The van der Waals surface area contributed by atoms with Crippen molar-refractivity contribution in [3.05, 3.63) is 23.8 Å². The minimum Gasteiger partial charge on any atom is -0.493 e. The van der Waals surface area contributed by atoms with Gasteiger partial charge in [-0.2, -0.15) is 0 Å². The second-order valence-corrected chi connectivity index (χ2v) is 5.91. The zero-order valence-electron chi connectivity index (χ0n) is 14.2. The summed E-state index contributed by atoms with van der Waals surface area (Å²) in [5.74, 6) is 0.906. The van der Waals surface area contributed by atoms with E-state index in [0.29, 0.717) is 37.6 Å². The zero-order valence-corrected chi connectivity index (χ0v) is 14.2. The zero-order chi connectivity index (χ0) is 17.6. The van der Waals surface area contributed by atoms with E-state index >= 15 is 0 Å². The largest absolute Gasteiger partial charge is 0.493 e. The van der Waals surface area contributed by atoms with E-state index in [2.05, 4.69) is 5.32 Å². The van der Waals surface area contributed by atoms with Crippen LogP contribution in [0, 0.1) is 0 Å². The van der Waals surface area contributed by atoms with E-state index in [1.54, 1.807) is 25.2 Å². The second-order valence-electron chi connectivity index (χ2n) is 5.91. The molecule has 1 amide bonds. The molecule has 2 rings (SSSR count). The number of hydrogen-bond acceptors (Lipinski definition) is 6. The van der Waals surface area contributed by atoms with Crippen molar-refractivity contribution in [1.29, 1.82) is 0 Å². The van der Waals surface area contributed by atoms with E-state index < -0.39 is 5.60 Å². The number of para-hydroxylation sites is 1. The summed E-state index contributed by atoms with van der Waals surface area (Å²) >= 11 is 0. The predicted molar refractivity (Wildman–Crippen MR) is 89.1 cm³/mol. The van der Waals surface area contributed by atoms with Crippen molar-refractivity contribution in [3.63, 3.8) is 0 Å². The number of aliphatic hydroxyl groups is 2. The van der Waals surface area contributed by atoms with Gasteiger partial charge in [-0.25, -0.2) is 0 Å².